The molecule has 0 amide bonds. The molecule has 3 heteroatoms. The Morgan fingerprint density at radius 1 is 0.769 bits per heavy atom. The molecule has 0 aliphatic carbocycles. The van der Waals surface area contributed by atoms with Crippen molar-refractivity contribution in [2.24, 2.45) is 0 Å². The van der Waals surface area contributed by atoms with Crippen LogP contribution in [-0.2, 0) is 9.47 Å². The van der Waals surface area contributed by atoms with Crippen molar-refractivity contribution in [1.82, 2.24) is 0 Å². The Bertz CT molecular complexity index is 251. The van der Waals surface area contributed by atoms with E-state index in [4.69, 9.17) is 9.47 Å². The van der Waals surface area contributed by atoms with E-state index >= 15 is 0 Å². The second-order valence-corrected chi connectivity index (χ2v) is 6.91. The molecule has 0 bridgehead atoms. The third-order valence-electron chi connectivity index (χ3n) is 1.73. The number of hydrogen-bond acceptors (Lipinski definition) is 2. The first kappa shape index (κ1) is 8.94. The fourth-order valence-electron chi connectivity index (χ4n) is 1.12. The van der Waals surface area contributed by atoms with Crippen LogP contribution in [0, 0.1) is 0 Å². The second-order valence-electron chi connectivity index (χ2n) is 2.71. The van der Waals surface area contributed by atoms with E-state index in [1.54, 1.807) is 12.5 Å². The van der Waals surface area contributed by atoms with Crippen LogP contribution in [0.25, 0.3) is 0 Å². The Balaban J connectivity index is 1.84. The molecular formula is C10H10O2Sn. The van der Waals surface area contributed by atoms with Gasteiger partial charge in [-0.25, -0.2) is 0 Å². The monoisotopic (exact) mass is 282 g/mol. The fraction of sp³-hybridized carbons (Fsp3) is 0.200. The minimum atomic E-state index is -0.684. The molecule has 2 heterocycles. The zero-order chi connectivity index (χ0) is 8.93. The molecule has 0 saturated carbocycles. The normalized spacial score (nSPS) is 29.8. The van der Waals surface area contributed by atoms with Gasteiger partial charge in [0.1, 0.15) is 0 Å². The van der Waals surface area contributed by atoms with Crippen LogP contribution in [0.5, 0.6) is 0 Å². The molecule has 2 aliphatic heterocycles. The van der Waals surface area contributed by atoms with Gasteiger partial charge in [0, 0.05) is 0 Å². The van der Waals surface area contributed by atoms with Gasteiger partial charge in [-0.3, -0.25) is 0 Å². The van der Waals surface area contributed by atoms with E-state index in [2.05, 4.69) is 12.2 Å². The van der Waals surface area contributed by atoms with Gasteiger partial charge in [0.25, 0.3) is 0 Å². The summed E-state index contributed by atoms with van der Waals surface area (Å²) < 4.78 is 11.5. The predicted molar refractivity (Wildman–Crippen MR) is 52.1 cm³/mol. The zero-order valence-electron chi connectivity index (χ0n) is 7.09. The van der Waals surface area contributed by atoms with E-state index in [9.17, 15) is 0 Å². The predicted octanol–water partition coefficient (Wildman–Crippen LogP) is 1.54. The van der Waals surface area contributed by atoms with E-state index in [1.165, 1.54) is 0 Å². The molecule has 2 rings (SSSR count). The number of hydrogen-bond donors (Lipinski definition) is 0. The van der Waals surface area contributed by atoms with Gasteiger partial charge in [-0.1, -0.05) is 0 Å². The van der Waals surface area contributed by atoms with Gasteiger partial charge in [-0.15, -0.1) is 0 Å². The number of rotatable bonds is 2. The van der Waals surface area contributed by atoms with E-state index < -0.39 is 21.1 Å². The molecule has 0 aromatic heterocycles. The average molecular weight is 281 g/mol. The van der Waals surface area contributed by atoms with Gasteiger partial charge < -0.3 is 0 Å². The molecular weight excluding hydrogens is 271 g/mol. The Hall–Kier alpha value is -0.641. The molecule has 0 aromatic rings. The first-order valence-corrected chi connectivity index (χ1v) is 7.48. The van der Waals surface area contributed by atoms with Gasteiger partial charge in [0.2, 0.25) is 0 Å². The van der Waals surface area contributed by atoms with E-state index in [0.29, 0.717) is 8.24 Å². The van der Waals surface area contributed by atoms with Crippen LogP contribution < -0.4 is 0 Å². The van der Waals surface area contributed by atoms with Crippen LogP contribution in [0.1, 0.15) is 0 Å². The Kier molecular flexibility index (Phi) is 3.13. The third kappa shape index (κ3) is 2.65. The minimum absolute atomic E-state index is 0.315. The van der Waals surface area contributed by atoms with Crippen LogP contribution in [0.4, 0.5) is 0 Å². The van der Waals surface area contributed by atoms with Crippen molar-refractivity contribution in [1.29, 1.82) is 0 Å². The first-order chi connectivity index (χ1) is 6.45. The number of ether oxygens (including phenoxy) is 2. The third-order valence-corrected chi connectivity index (χ3v) is 5.48. The van der Waals surface area contributed by atoms with Crippen molar-refractivity contribution >= 4 is 21.1 Å². The van der Waals surface area contributed by atoms with Crippen molar-refractivity contribution in [3.05, 3.63) is 49.0 Å². The van der Waals surface area contributed by atoms with E-state index in [0.717, 1.165) is 0 Å². The first-order valence-electron chi connectivity index (χ1n) is 4.19. The average Bonchev–Trinajstić information content (AvgIpc) is 2.21. The summed E-state index contributed by atoms with van der Waals surface area (Å²) in [6.45, 7) is 0. The van der Waals surface area contributed by atoms with E-state index in [-0.39, 0.29) is 0 Å². The van der Waals surface area contributed by atoms with Crippen molar-refractivity contribution < 1.29 is 9.47 Å². The van der Waals surface area contributed by atoms with Crippen LogP contribution in [0.2, 0.25) is 0 Å². The standard InChI is InChI=1S/2C5H5O.Sn/c2*1-2-4-6-5-3-1;/h2*1-5H;. The topological polar surface area (TPSA) is 18.5 Å². The SMILES string of the molecule is C1=CO[CH]([Sn][CH]2C=CC=CO2)C=C1. The van der Waals surface area contributed by atoms with Gasteiger partial charge in [0.05, 0.1) is 0 Å². The van der Waals surface area contributed by atoms with Crippen LogP contribution in [-0.4, -0.2) is 29.4 Å². The van der Waals surface area contributed by atoms with Gasteiger partial charge in [-0.05, 0) is 0 Å². The molecule has 2 atom stereocenters. The molecule has 0 fully saturated rings. The summed E-state index contributed by atoms with van der Waals surface area (Å²) in [7, 11) is 0. The molecule has 2 nitrogen and oxygen atoms in total. The molecule has 66 valence electrons. The summed E-state index contributed by atoms with van der Waals surface area (Å²) in [6.07, 6.45) is 15.6. The molecule has 0 saturated heterocycles. The van der Waals surface area contributed by atoms with Crippen molar-refractivity contribution in [2.45, 2.75) is 8.24 Å². The molecule has 13 heavy (non-hydrogen) atoms. The summed E-state index contributed by atoms with van der Waals surface area (Å²) in [5.74, 6) is 0. The Morgan fingerprint density at radius 3 is 1.69 bits per heavy atom. The summed E-state index contributed by atoms with van der Waals surface area (Å²) in [6, 6.07) is 0. The maximum atomic E-state index is 5.45. The molecule has 2 unspecified atom stereocenters. The summed E-state index contributed by atoms with van der Waals surface area (Å²) >= 11 is -0.684. The Morgan fingerprint density at radius 2 is 1.31 bits per heavy atom. The molecule has 2 aliphatic rings. The zero-order valence-corrected chi connectivity index (χ0v) is 9.94. The van der Waals surface area contributed by atoms with Crippen LogP contribution in [0.3, 0.4) is 0 Å². The maximum absolute atomic E-state index is 5.45. The number of allylic oxidation sites excluding steroid dienone is 4. The van der Waals surface area contributed by atoms with Crippen LogP contribution in [0.15, 0.2) is 49.0 Å². The molecule has 0 N–H and O–H groups in total. The van der Waals surface area contributed by atoms with Gasteiger partial charge in [0.15, 0.2) is 0 Å². The summed E-state index contributed by atoms with van der Waals surface area (Å²) in [5.41, 5.74) is 0. The van der Waals surface area contributed by atoms with Gasteiger partial charge >= 0.3 is 87.8 Å². The quantitative estimate of drug-likeness (QED) is 0.715. The van der Waals surface area contributed by atoms with Gasteiger partial charge in [-0.2, -0.15) is 0 Å². The van der Waals surface area contributed by atoms with Crippen molar-refractivity contribution in [2.75, 3.05) is 0 Å². The summed E-state index contributed by atoms with van der Waals surface area (Å²) in [5, 5.41) is 0. The fourth-order valence-corrected chi connectivity index (χ4v) is 4.21. The van der Waals surface area contributed by atoms with Crippen LogP contribution >= 0.6 is 0 Å². The van der Waals surface area contributed by atoms with Crippen molar-refractivity contribution in [3.63, 3.8) is 0 Å². The molecule has 2 radical (unpaired) electrons. The Labute approximate surface area is 87.8 Å². The molecule has 0 aromatic carbocycles. The van der Waals surface area contributed by atoms with Crippen molar-refractivity contribution in [3.8, 4) is 0 Å². The second kappa shape index (κ2) is 4.55. The van der Waals surface area contributed by atoms with E-state index in [1.807, 2.05) is 24.3 Å². The molecule has 0 spiro atoms. The summed E-state index contributed by atoms with van der Waals surface area (Å²) in [4.78, 5) is 0.